The number of aromatic nitrogens is 3. The number of para-hydroxylation sites is 2. The summed E-state index contributed by atoms with van der Waals surface area (Å²) in [6.45, 7) is 0. The van der Waals surface area contributed by atoms with Crippen LogP contribution in [0.3, 0.4) is 0 Å². The molecule has 8 aromatic carbocycles. The van der Waals surface area contributed by atoms with Gasteiger partial charge >= 0.3 is 0 Å². The van der Waals surface area contributed by atoms with Crippen molar-refractivity contribution in [1.82, 2.24) is 14.5 Å². The van der Waals surface area contributed by atoms with Crippen molar-refractivity contribution in [3.8, 4) is 61.8 Å². The topological polar surface area (TPSA) is 30.7 Å². The molecule has 2 aromatic heterocycles. The molecule has 0 aliphatic heterocycles. The first-order valence-corrected chi connectivity index (χ1v) is 18.0. The third-order valence-corrected chi connectivity index (χ3v) is 10.2. The van der Waals surface area contributed by atoms with E-state index in [9.17, 15) is 0 Å². The van der Waals surface area contributed by atoms with Crippen LogP contribution in [0.25, 0.3) is 94.4 Å². The predicted molar refractivity (Wildman–Crippen MR) is 221 cm³/mol. The Morgan fingerprint density at radius 3 is 1.51 bits per heavy atom. The van der Waals surface area contributed by atoms with E-state index in [1.807, 2.05) is 36.4 Å². The number of hydrogen-bond donors (Lipinski definition) is 0. The molecule has 0 bridgehead atoms. The van der Waals surface area contributed by atoms with Crippen LogP contribution in [0, 0.1) is 0 Å². The highest BCUT2D eigenvalue weighted by atomic mass is 15.0. The van der Waals surface area contributed by atoms with Gasteiger partial charge in [0.05, 0.1) is 22.4 Å². The fourth-order valence-corrected chi connectivity index (χ4v) is 7.62. The van der Waals surface area contributed by atoms with Gasteiger partial charge in [-0.1, -0.05) is 164 Å². The maximum atomic E-state index is 5.04. The molecule has 248 valence electrons. The Hall–Kier alpha value is -7.10. The van der Waals surface area contributed by atoms with E-state index in [4.69, 9.17) is 9.97 Å². The zero-order chi connectivity index (χ0) is 35.1. The van der Waals surface area contributed by atoms with Crippen LogP contribution in [-0.2, 0) is 0 Å². The van der Waals surface area contributed by atoms with Gasteiger partial charge in [0.15, 0.2) is 5.82 Å². The highest BCUT2D eigenvalue weighted by Crippen LogP contribution is 2.36. The Morgan fingerprint density at radius 2 is 0.849 bits per heavy atom. The Balaban J connectivity index is 1.03. The van der Waals surface area contributed by atoms with Gasteiger partial charge in [-0.2, -0.15) is 0 Å². The first-order valence-electron chi connectivity index (χ1n) is 18.0. The van der Waals surface area contributed by atoms with Gasteiger partial charge in [-0.3, -0.25) is 0 Å². The van der Waals surface area contributed by atoms with Crippen LogP contribution in [0.15, 0.2) is 200 Å². The Labute approximate surface area is 308 Å². The van der Waals surface area contributed by atoms with Crippen molar-refractivity contribution < 1.29 is 0 Å². The van der Waals surface area contributed by atoms with Gasteiger partial charge in [-0.15, -0.1) is 0 Å². The minimum atomic E-state index is 0.708. The van der Waals surface area contributed by atoms with Crippen molar-refractivity contribution >= 4 is 32.6 Å². The molecule has 2 heterocycles. The second kappa shape index (κ2) is 12.9. The summed E-state index contributed by atoms with van der Waals surface area (Å²) in [5, 5.41) is 4.96. The third-order valence-electron chi connectivity index (χ3n) is 10.2. The molecule has 10 rings (SSSR count). The van der Waals surface area contributed by atoms with E-state index >= 15 is 0 Å². The smallest absolute Gasteiger partial charge is 0.160 e. The molecule has 53 heavy (non-hydrogen) atoms. The van der Waals surface area contributed by atoms with E-state index in [-0.39, 0.29) is 0 Å². The molecule has 0 amide bonds. The third kappa shape index (κ3) is 5.56. The SMILES string of the molecule is c1ccc(-c2cc(-c3ccccc3)nc(-c3ccc(-c4cccc5ccc(-c6cccc(-n7c8ccccc8c8ccccc87)c6)cc45)cc3)n2)cc1. The fourth-order valence-electron chi connectivity index (χ4n) is 7.62. The van der Waals surface area contributed by atoms with Crippen molar-refractivity contribution in [2.45, 2.75) is 0 Å². The van der Waals surface area contributed by atoms with Gasteiger partial charge in [-0.25, -0.2) is 9.97 Å². The number of benzene rings is 8. The highest BCUT2D eigenvalue weighted by molar-refractivity contribution is 6.09. The maximum absolute atomic E-state index is 5.04. The summed E-state index contributed by atoms with van der Waals surface area (Å²) in [6, 6.07) is 71.0. The Kier molecular flexibility index (Phi) is 7.47. The van der Waals surface area contributed by atoms with Crippen molar-refractivity contribution in [1.29, 1.82) is 0 Å². The summed E-state index contributed by atoms with van der Waals surface area (Å²) < 4.78 is 2.38. The second-order valence-electron chi connectivity index (χ2n) is 13.4. The molecule has 0 N–H and O–H groups in total. The number of hydrogen-bond acceptors (Lipinski definition) is 2. The molecule has 0 radical (unpaired) electrons. The molecule has 3 nitrogen and oxygen atoms in total. The van der Waals surface area contributed by atoms with Crippen LogP contribution in [0.4, 0.5) is 0 Å². The van der Waals surface area contributed by atoms with E-state index in [1.165, 1.54) is 49.3 Å². The number of nitrogens with zero attached hydrogens (tertiary/aromatic N) is 3. The number of fused-ring (bicyclic) bond motifs is 4. The van der Waals surface area contributed by atoms with Gasteiger partial charge in [-0.05, 0) is 69.4 Å². The molecule has 0 fully saturated rings. The minimum Gasteiger partial charge on any atom is -0.309 e. The van der Waals surface area contributed by atoms with Crippen molar-refractivity contribution in [2.24, 2.45) is 0 Å². The normalized spacial score (nSPS) is 11.4. The average molecular weight is 676 g/mol. The monoisotopic (exact) mass is 675 g/mol. The van der Waals surface area contributed by atoms with Crippen molar-refractivity contribution in [2.75, 3.05) is 0 Å². The van der Waals surface area contributed by atoms with Gasteiger partial charge in [0, 0.05) is 33.2 Å². The molecule has 0 aliphatic carbocycles. The molecule has 0 saturated heterocycles. The van der Waals surface area contributed by atoms with Gasteiger partial charge in [0.1, 0.15) is 0 Å². The predicted octanol–water partition coefficient (Wildman–Crippen LogP) is 13.1. The van der Waals surface area contributed by atoms with Crippen LogP contribution in [-0.4, -0.2) is 14.5 Å². The number of rotatable bonds is 6. The van der Waals surface area contributed by atoms with Crippen LogP contribution >= 0.6 is 0 Å². The minimum absolute atomic E-state index is 0.708. The molecule has 3 heteroatoms. The van der Waals surface area contributed by atoms with Gasteiger partial charge in [0.2, 0.25) is 0 Å². The summed E-state index contributed by atoms with van der Waals surface area (Å²) in [5.41, 5.74) is 13.2. The summed E-state index contributed by atoms with van der Waals surface area (Å²) in [4.78, 5) is 10.1. The second-order valence-corrected chi connectivity index (χ2v) is 13.4. The van der Waals surface area contributed by atoms with Crippen LogP contribution < -0.4 is 0 Å². The maximum Gasteiger partial charge on any atom is 0.160 e. The van der Waals surface area contributed by atoms with Crippen LogP contribution in [0.1, 0.15) is 0 Å². The van der Waals surface area contributed by atoms with E-state index < -0.39 is 0 Å². The molecule has 0 aliphatic rings. The molecule has 0 unspecified atom stereocenters. The molecular formula is C50H33N3. The molecule has 10 aromatic rings. The largest absolute Gasteiger partial charge is 0.309 e. The Bertz CT molecular complexity index is 2810. The zero-order valence-electron chi connectivity index (χ0n) is 28.9. The quantitative estimate of drug-likeness (QED) is 0.176. The lowest BCUT2D eigenvalue weighted by Gasteiger charge is -2.13. The van der Waals surface area contributed by atoms with Crippen LogP contribution in [0.2, 0.25) is 0 Å². The summed E-state index contributed by atoms with van der Waals surface area (Å²) in [5.74, 6) is 0.708. The van der Waals surface area contributed by atoms with E-state index in [2.05, 4.69) is 168 Å². The lowest BCUT2D eigenvalue weighted by Crippen LogP contribution is -1.96. The highest BCUT2D eigenvalue weighted by Gasteiger charge is 2.14. The van der Waals surface area contributed by atoms with Crippen LogP contribution in [0.5, 0.6) is 0 Å². The van der Waals surface area contributed by atoms with E-state index in [0.717, 1.165) is 39.3 Å². The van der Waals surface area contributed by atoms with E-state index in [1.54, 1.807) is 0 Å². The first-order chi connectivity index (χ1) is 26.3. The standard InChI is InChI=1S/C50H33N3/c1-3-13-36(14-4-1)46-33-47(37-15-5-2-6-16-37)52-50(51-46)38-28-25-35(26-29-38)42-22-12-17-34-27-30-40(32-45(34)42)39-18-11-19-41(31-39)53-48-23-9-7-20-43(48)44-21-8-10-24-49(44)53/h1-33H. The Morgan fingerprint density at radius 1 is 0.321 bits per heavy atom. The molecular weight excluding hydrogens is 643 g/mol. The molecule has 0 atom stereocenters. The fraction of sp³-hybridized carbons (Fsp3) is 0. The van der Waals surface area contributed by atoms with Gasteiger partial charge in [0.25, 0.3) is 0 Å². The lowest BCUT2D eigenvalue weighted by molar-refractivity contribution is 1.18. The van der Waals surface area contributed by atoms with E-state index in [0.29, 0.717) is 5.82 Å². The zero-order valence-corrected chi connectivity index (χ0v) is 28.9. The summed E-state index contributed by atoms with van der Waals surface area (Å²) in [7, 11) is 0. The first kappa shape index (κ1) is 30.7. The summed E-state index contributed by atoms with van der Waals surface area (Å²) in [6.07, 6.45) is 0. The van der Waals surface area contributed by atoms with Crippen molar-refractivity contribution in [3.05, 3.63) is 200 Å². The van der Waals surface area contributed by atoms with Crippen molar-refractivity contribution in [3.63, 3.8) is 0 Å². The average Bonchev–Trinajstić information content (AvgIpc) is 3.58. The molecule has 0 spiro atoms. The lowest BCUT2D eigenvalue weighted by atomic mass is 9.94. The van der Waals surface area contributed by atoms with Gasteiger partial charge < -0.3 is 4.57 Å². The molecule has 0 saturated carbocycles. The summed E-state index contributed by atoms with van der Waals surface area (Å²) >= 11 is 0.